The minimum atomic E-state index is 0.210. The molecule has 1 aromatic rings. The lowest BCUT2D eigenvalue weighted by atomic mass is 10.1. The van der Waals surface area contributed by atoms with Crippen LogP contribution >= 0.6 is 11.8 Å². The topological polar surface area (TPSA) is 29.1 Å². The Morgan fingerprint density at radius 2 is 2.25 bits per heavy atom. The fraction of sp³-hybridized carbons (Fsp3) is 0.154. The number of carbonyl (C=O) groups is 1. The maximum absolute atomic E-state index is 11.8. The van der Waals surface area contributed by atoms with Gasteiger partial charge in [0.2, 0.25) is 0 Å². The van der Waals surface area contributed by atoms with E-state index in [0.717, 1.165) is 21.2 Å². The van der Waals surface area contributed by atoms with Crippen LogP contribution in [0.25, 0.3) is 0 Å². The van der Waals surface area contributed by atoms with Gasteiger partial charge < -0.3 is 5.32 Å². The van der Waals surface area contributed by atoms with Gasteiger partial charge in [-0.05, 0) is 24.6 Å². The number of thioether (sulfide) groups is 1. The summed E-state index contributed by atoms with van der Waals surface area (Å²) >= 11 is 1.58. The Labute approximate surface area is 98.4 Å². The van der Waals surface area contributed by atoms with Gasteiger partial charge >= 0.3 is 0 Å². The third kappa shape index (κ3) is 1.39. The van der Waals surface area contributed by atoms with Crippen LogP contribution in [-0.4, -0.2) is 5.78 Å². The fourth-order valence-electron chi connectivity index (χ4n) is 1.94. The number of carbonyl (C=O) groups excluding carboxylic acids is 1. The molecule has 0 saturated carbocycles. The quantitative estimate of drug-likeness (QED) is 0.740. The zero-order valence-corrected chi connectivity index (χ0v) is 9.73. The van der Waals surface area contributed by atoms with Crippen molar-refractivity contribution < 1.29 is 4.79 Å². The Bertz CT molecular complexity index is 543. The summed E-state index contributed by atoms with van der Waals surface area (Å²) in [6, 6.07) is 6.15. The van der Waals surface area contributed by atoms with Crippen LogP contribution in [0, 0.1) is 6.92 Å². The number of nitrogens with one attached hydrogen (secondary N) is 1. The maximum Gasteiger partial charge on any atom is 0.175 e. The molecule has 0 fully saturated rings. The summed E-state index contributed by atoms with van der Waals surface area (Å²) in [6.45, 7) is 2.08. The number of benzene rings is 1. The zero-order valence-electron chi connectivity index (χ0n) is 8.91. The van der Waals surface area contributed by atoms with Crippen molar-refractivity contribution in [1.82, 2.24) is 0 Å². The van der Waals surface area contributed by atoms with Gasteiger partial charge in [0.15, 0.2) is 5.78 Å². The number of aryl methyl sites for hydroxylation is 1. The first kappa shape index (κ1) is 9.73. The predicted molar refractivity (Wildman–Crippen MR) is 66.4 cm³/mol. The molecule has 1 N–H and O–H groups in total. The molecule has 2 nitrogen and oxygen atoms in total. The average Bonchev–Trinajstić information content (AvgIpc) is 2.29. The number of fused-ring (bicyclic) bond motifs is 1. The van der Waals surface area contributed by atoms with Crippen LogP contribution in [0.4, 0.5) is 5.69 Å². The molecule has 0 unspecified atom stereocenters. The summed E-state index contributed by atoms with van der Waals surface area (Å²) in [7, 11) is 0. The van der Waals surface area contributed by atoms with Crippen LogP contribution in [0.5, 0.6) is 0 Å². The Morgan fingerprint density at radius 1 is 1.38 bits per heavy atom. The predicted octanol–water partition coefficient (Wildman–Crippen LogP) is 3.25. The van der Waals surface area contributed by atoms with Crippen molar-refractivity contribution in [2.75, 3.05) is 5.32 Å². The Kier molecular flexibility index (Phi) is 2.14. The lowest BCUT2D eigenvalue weighted by Gasteiger charge is -2.24. The van der Waals surface area contributed by atoms with E-state index < -0.39 is 0 Å². The van der Waals surface area contributed by atoms with Gasteiger partial charge in [-0.25, -0.2) is 0 Å². The van der Waals surface area contributed by atoms with Crippen molar-refractivity contribution >= 4 is 23.2 Å². The first-order valence-corrected chi connectivity index (χ1v) is 6.06. The van der Waals surface area contributed by atoms with E-state index >= 15 is 0 Å². The van der Waals surface area contributed by atoms with Gasteiger partial charge in [0.1, 0.15) is 0 Å². The Morgan fingerprint density at radius 3 is 3.12 bits per heavy atom. The van der Waals surface area contributed by atoms with Crippen LogP contribution in [0.15, 0.2) is 45.8 Å². The second-order valence-electron chi connectivity index (χ2n) is 3.95. The van der Waals surface area contributed by atoms with Crippen molar-refractivity contribution in [3.05, 3.63) is 46.5 Å². The first-order valence-electron chi connectivity index (χ1n) is 5.24. The number of rotatable bonds is 0. The van der Waals surface area contributed by atoms with E-state index in [1.165, 1.54) is 5.56 Å². The molecule has 0 aromatic heterocycles. The van der Waals surface area contributed by atoms with Crippen LogP contribution < -0.4 is 5.32 Å². The smallest absolute Gasteiger partial charge is 0.175 e. The van der Waals surface area contributed by atoms with Crippen LogP contribution in [0.1, 0.15) is 12.0 Å². The highest BCUT2D eigenvalue weighted by Crippen LogP contribution is 2.43. The van der Waals surface area contributed by atoms with Crippen LogP contribution in [0.2, 0.25) is 0 Å². The second kappa shape index (κ2) is 3.52. The fourth-order valence-corrected chi connectivity index (χ4v) is 3.05. The van der Waals surface area contributed by atoms with Crippen LogP contribution in [0.3, 0.4) is 0 Å². The minimum absolute atomic E-state index is 0.210. The molecule has 3 rings (SSSR count). The molecule has 16 heavy (non-hydrogen) atoms. The van der Waals surface area contributed by atoms with Crippen molar-refractivity contribution in [3.63, 3.8) is 0 Å². The molecule has 80 valence electrons. The highest BCUT2D eigenvalue weighted by atomic mass is 32.2. The SMILES string of the molecule is Cc1cccc2c1NC1=C(S2)C(=O)CC=C1. The molecule has 3 heteroatoms. The lowest BCUT2D eigenvalue weighted by molar-refractivity contribution is -0.114. The second-order valence-corrected chi connectivity index (χ2v) is 5.00. The van der Waals surface area contributed by atoms with Crippen molar-refractivity contribution in [2.45, 2.75) is 18.2 Å². The molecule has 0 saturated heterocycles. The van der Waals surface area contributed by atoms with Crippen LogP contribution in [-0.2, 0) is 4.79 Å². The third-order valence-electron chi connectivity index (χ3n) is 2.79. The third-order valence-corrected chi connectivity index (χ3v) is 4.00. The summed E-state index contributed by atoms with van der Waals surface area (Å²) in [5.74, 6) is 0.210. The van der Waals surface area contributed by atoms with E-state index in [1.54, 1.807) is 11.8 Å². The number of anilines is 1. The largest absolute Gasteiger partial charge is 0.353 e. The van der Waals surface area contributed by atoms with Gasteiger partial charge in [-0.3, -0.25) is 4.79 Å². The summed E-state index contributed by atoms with van der Waals surface area (Å²) in [6.07, 6.45) is 4.44. The molecule has 0 radical (unpaired) electrons. The monoisotopic (exact) mass is 229 g/mol. The number of Topliss-reactive ketones (excluding diaryl/α,β-unsaturated/α-hetero) is 1. The molecule has 0 amide bonds. The summed E-state index contributed by atoms with van der Waals surface area (Å²) in [4.78, 5) is 13.7. The molecule has 2 aliphatic rings. The molecular weight excluding hydrogens is 218 g/mol. The standard InChI is InChI=1S/C13H11NOS/c1-8-4-2-7-11-12(8)14-9-5-3-6-10(15)13(9)16-11/h2-5,7,14H,6H2,1H3. The molecule has 1 heterocycles. The summed E-state index contributed by atoms with van der Waals surface area (Å²) in [5, 5.41) is 3.35. The van der Waals surface area contributed by atoms with Crippen molar-refractivity contribution in [2.24, 2.45) is 0 Å². The van der Waals surface area contributed by atoms with Gasteiger partial charge in [0.05, 0.1) is 16.3 Å². The normalized spacial score (nSPS) is 17.9. The molecule has 0 spiro atoms. The lowest BCUT2D eigenvalue weighted by Crippen LogP contribution is -2.15. The number of ketones is 1. The zero-order chi connectivity index (χ0) is 11.1. The summed E-state index contributed by atoms with van der Waals surface area (Å²) in [5.41, 5.74) is 3.29. The Balaban J connectivity index is 2.11. The summed E-state index contributed by atoms with van der Waals surface area (Å²) < 4.78 is 0. The number of allylic oxidation sites excluding steroid dienone is 3. The van der Waals surface area contributed by atoms with Crippen molar-refractivity contribution in [1.29, 1.82) is 0 Å². The van der Waals surface area contributed by atoms with Gasteiger partial charge in [-0.1, -0.05) is 30.0 Å². The van der Waals surface area contributed by atoms with E-state index in [4.69, 9.17) is 0 Å². The highest BCUT2D eigenvalue weighted by Gasteiger charge is 2.24. The number of para-hydroxylation sites is 1. The van der Waals surface area contributed by atoms with E-state index in [1.807, 2.05) is 18.2 Å². The van der Waals surface area contributed by atoms with Gasteiger partial charge in [-0.2, -0.15) is 0 Å². The van der Waals surface area contributed by atoms with E-state index in [9.17, 15) is 4.79 Å². The van der Waals surface area contributed by atoms with Gasteiger partial charge in [0, 0.05) is 11.3 Å². The molecular formula is C13H11NOS. The van der Waals surface area contributed by atoms with E-state index in [-0.39, 0.29) is 5.78 Å². The number of hydrogen-bond acceptors (Lipinski definition) is 3. The van der Waals surface area contributed by atoms with E-state index in [0.29, 0.717) is 6.42 Å². The molecule has 1 aliphatic heterocycles. The first-order chi connectivity index (χ1) is 7.75. The average molecular weight is 229 g/mol. The molecule has 1 aliphatic carbocycles. The molecule has 0 bridgehead atoms. The number of hydrogen-bond donors (Lipinski definition) is 1. The van der Waals surface area contributed by atoms with Crippen molar-refractivity contribution in [3.8, 4) is 0 Å². The maximum atomic E-state index is 11.8. The van der Waals surface area contributed by atoms with Gasteiger partial charge in [-0.15, -0.1) is 0 Å². The molecule has 1 aromatic carbocycles. The molecule has 0 atom stereocenters. The van der Waals surface area contributed by atoms with Gasteiger partial charge in [0.25, 0.3) is 0 Å². The Hall–Kier alpha value is -1.48. The highest BCUT2D eigenvalue weighted by molar-refractivity contribution is 8.04. The van der Waals surface area contributed by atoms with E-state index in [2.05, 4.69) is 24.4 Å². The minimum Gasteiger partial charge on any atom is -0.353 e.